The molecule has 0 bridgehead atoms. The van der Waals surface area contributed by atoms with Crippen molar-refractivity contribution in [2.75, 3.05) is 33.2 Å². The molecule has 0 saturated carbocycles. The zero-order valence-electron chi connectivity index (χ0n) is 13.4. The van der Waals surface area contributed by atoms with Crippen LogP contribution < -0.4 is 5.32 Å². The lowest BCUT2D eigenvalue weighted by Gasteiger charge is -2.22. The Morgan fingerprint density at radius 1 is 1.43 bits per heavy atom. The van der Waals surface area contributed by atoms with Crippen LogP contribution in [0.4, 0.5) is 0 Å². The highest BCUT2D eigenvalue weighted by atomic mass is 79.9. The third-order valence-electron chi connectivity index (χ3n) is 3.57. The number of halogens is 1. The van der Waals surface area contributed by atoms with Crippen molar-refractivity contribution in [1.82, 2.24) is 24.9 Å². The van der Waals surface area contributed by atoms with E-state index in [1.54, 1.807) is 0 Å². The normalized spacial score (nSPS) is 11.0. The molecule has 0 unspecified atom stereocenters. The van der Waals surface area contributed by atoms with E-state index in [4.69, 9.17) is 12.2 Å². The first-order valence-corrected chi connectivity index (χ1v) is 8.57. The molecular weight excluding hydrogens is 350 g/mol. The van der Waals surface area contributed by atoms with Crippen molar-refractivity contribution >= 4 is 33.3 Å². The highest BCUT2D eigenvalue weighted by Gasteiger charge is 2.11. The molecule has 1 heterocycles. The van der Waals surface area contributed by atoms with Gasteiger partial charge in [-0.15, -0.1) is 0 Å². The molecule has 0 radical (unpaired) electrons. The molecular formula is C14H26BrN5S. The van der Waals surface area contributed by atoms with Crippen LogP contribution in [0, 0.1) is 0 Å². The Kier molecular flexibility index (Phi) is 8.21. The van der Waals surface area contributed by atoms with Crippen molar-refractivity contribution in [2.45, 2.75) is 26.8 Å². The van der Waals surface area contributed by atoms with E-state index in [0.717, 1.165) is 54.4 Å². The molecule has 7 heteroatoms. The molecule has 1 aromatic rings. The predicted octanol–water partition coefficient (Wildman–Crippen LogP) is 2.22. The number of nitrogens with zero attached hydrogens (tertiary/aromatic N) is 4. The molecule has 0 fully saturated rings. The van der Waals surface area contributed by atoms with Crippen LogP contribution in [0.3, 0.4) is 0 Å². The second-order valence-electron chi connectivity index (χ2n) is 5.03. The average molecular weight is 376 g/mol. The van der Waals surface area contributed by atoms with E-state index in [9.17, 15) is 0 Å². The zero-order chi connectivity index (χ0) is 15.8. The number of thiocarbonyl (C=S) groups is 1. The Balaban J connectivity index is 2.32. The smallest absolute Gasteiger partial charge is 0.169 e. The summed E-state index contributed by atoms with van der Waals surface area (Å²) in [6.45, 7) is 9.36. The Labute approximate surface area is 141 Å². The molecule has 1 aromatic heterocycles. The van der Waals surface area contributed by atoms with Gasteiger partial charge >= 0.3 is 0 Å². The van der Waals surface area contributed by atoms with Crippen LogP contribution in [-0.4, -0.2) is 57.9 Å². The minimum Gasteiger partial charge on any atom is -0.363 e. The minimum atomic E-state index is 0.735. The summed E-state index contributed by atoms with van der Waals surface area (Å²) in [4.78, 5) is 4.45. The Bertz CT molecular complexity index is 425. The Morgan fingerprint density at radius 3 is 2.62 bits per heavy atom. The average Bonchev–Trinajstić information content (AvgIpc) is 2.79. The van der Waals surface area contributed by atoms with Gasteiger partial charge in [-0.05, 0) is 54.2 Å². The summed E-state index contributed by atoms with van der Waals surface area (Å²) in [7, 11) is 3.94. The molecule has 1 rings (SSSR count). The Morgan fingerprint density at radius 2 is 2.10 bits per heavy atom. The maximum Gasteiger partial charge on any atom is 0.169 e. The first-order chi connectivity index (χ1) is 9.99. The van der Waals surface area contributed by atoms with Crippen LogP contribution in [0.2, 0.25) is 0 Å². The summed E-state index contributed by atoms with van der Waals surface area (Å²) in [6, 6.07) is 0. The summed E-state index contributed by atoms with van der Waals surface area (Å²) in [6.07, 6.45) is 2.91. The molecule has 1 N–H and O–H groups in total. The third kappa shape index (κ3) is 5.92. The van der Waals surface area contributed by atoms with Crippen molar-refractivity contribution in [1.29, 1.82) is 0 Å². The summed E-state index contributed by atoms with van der Waals surface area (Å²) in [5.74, 6) is 0. The van der Waals surface area contributed by atoms with Gasteiger partial charge in [0, 0.05) is 20.6 Å². The molecule has 0 spiro atoms. The lowest BCUT2D eigenvalue weighted by molar-refractivity contribution is 0.299. The number of hydrogen-bond donors (Lipinski definition) is 1. The summed E-state index contributed by atoms with van der Waals surface area (Å²) in [5, 5.41) is 8.32. The van der Waals surface area contributed by atoms with Crippen LogP contribution in [0.5, 0.6) is 0 Å². The van der Waals surface area contributed by atoms with Crippen LogP contribution in [0.15, 0.2) is 10.7 Å². The van der Waals surface area contributed by atoms with Gasteiger partial charge in [-0.2, -0.15) is 5.10 Å². The lowest BCUT2D eigenvalue weighted by atomic mass is 10.3. The summed E-state index contributed by atoms with van der Waals surface area (Å²) in [5.41, 5.74) is 1.12. The van der Waals surface area contributed by atoms with Crippen molar-refractivity contribution in [3.8, 4) is 0 Å². The molecule has 0 aliphatic heterocycles. The lowest BCUT2D eigenvalue weighted by Crippen LogP contribution is -2.38. The molecule has 0 amide bonds. The molecule has 0 aliphatic carbocycles. The van der Waals surface area contributed by atoms with Gasteiger partial charge in [0.15, 0.2) is 5.11 Å². The van der Waals surface area contributed by atoms with Gasteiger partial charge in [-0.25, -0.2) is 0 Å². The van der Waals surface area contributed by atoms with Crippen molar-refractivity contribution in [3.63, 3.8) is 0 Å². The van der Waals surface area contributed by atoms with E-state index < -0.39 is 0 Å². The largest absolute Gasteiger partial charge is 0.363 e. The monoisotopic (exact) mass is 375 g/mol. The minimum absolute atomic E-state index is 0.735. The molecule has 0 aromatic carbocycles. The first kappa shape index (κ1) is 18.4. The fourth-order valence-electron chi connectivity index (χ4n) is 2.08. The van der Waals surface area contributed by atoms with Crippen LogP contribution in [-0.2, 0) is 13.6 Å². The van der Waals surface area contributed by atoms with E-state index in [1.807, 2.05) is 29.9 Å². The van der Waals surface area contributed by atoms with Gasteiger partial charge in [-0.3, -0.25) is 4.68 Å². The van der Waals surface area contributed by atoms with E-state index in [2.05, 4.69) is 45.1 Å². The second-order valence-corrected chi connectivity index (χ2v) is 6.27. The standard InChI is InChI=1S/C14H26BrN5S/c1-5-20(6-2)9-7-8-16-14(21)18(3)11-13-12(15)10-17-19(13)4/h10H,5-9,11H2,1-4H3,(H,16,21). The topological polar surface area (TPSA) is 36.3 Å². The number of nitrogens with one attached hydrogen (secondary N) is 1. The van der Waals surface area contributed by atoms with Gasteiger partial charge < -0.3 is 15.1 Å². The molecule has 0 saturated heterocycles. The van der Waals surface area contributed by atoms with Crippen LogP contribution >= 0.6 is 28.1 Å². The summed E-state index contributed by atoms with van der Waals surface area (Å²) < 4.78 is 2.88. The van der Waals surface area contributed by atoms with Gasteiger partial charge in [-0.1, -0.05) is 13.8 Å². The van der Waals surface area contributed by atoms with E-state index in [1.165, 1.54) is 0 Å². The molecule has 5 nitrogen and oxygen atoms in total. The molecule has 21 heavy (non-hydrogen) atoms. The van der Waals surface area contributed by atoms with Crippen molar-refractivity contribution in [2.24, 2.45) is 7.05 Å². The fraction of sp³-hybridized carbons (Fsp3) is 0.714. The summed E-state index contributed by atoms with van der Waals surface area (Å²) >= 11 is 8.94. The highest BCUT2D eigenvalue weighted by molar-refractivity contribution is 9.10. The first-order valence-electron chi connectivity index (χ1n) is 7.37. The predicted molar refractivity (Wildman–Crippen MR) is 95.4 cm³/mol. The Hall–Kier alpha value is -0.660. The van der Waals surface area contributed by atoms with Gasteiger partial charge in [0.1, 0.15) is 0 Å². The van der Waals surface area contributed by atoms with Gasteiger partial charge in [0.25, 0.3) is 0 Å². The number of aromatic nitrogens is 2. The van der Waals surface area contributed by atoms with Gasteiger partial charge in [0.05, 0.1) is 22.9 Å². The molecule has 0 atom stereocenters. The highest BCUT2D eigenvalue weighted by Crippen LogP contribution is 2.16. The van der Waals surface area contributed by atoms with E-state index in [0.29, 0.717) is 0 Å². The molecule has 0 aliphatic rings. The van der Waals surface area contributed by atoms with Crippen LogP contribution in [0.1, 0.15) is 26.0 Å². The van der Waals surface area contributed by atoms with Crippen molar-refractivity contribution < 1.29 is 0 Å². The molecule has 120 valence electrons. The van der Waals surface area contributed by atoms with Crippen LogP contribution in [0.25, 0.3) is 0 Å². The fourth-order valence-corrected chi connectivity index (χ4v) is 2.72. The quantitative estimate of drug-likeness (QED) is 0.556. The maximum atomic E-state index is 5.43. The number of hydrogen-bond acceptors (Lipinski definition) is 3. The van der Waals surface area contributed by atoms with Gasteiger partial charge in [0.2, 0.25) is 0 Å². The van der Waals surface area contributed by atoms with E-state index in [-0.39, 0.29) is 0 Å². The number of rotatable bonds is 8. The number of aryl methyl sites for hydroxylation is 1. The van der Waals surface area contributed by atoms with Crippen molar-refractivity contribution in [3.05, 3.63) is 16.4 Å². The maximum absolute atomic E-state index is 5.43. The zero-order valence-corrected chi connectivity index (χ0v) is 15.8. The third-order valence-corrected chi connectivity index (χ3v) is 4.68. The van der Waals surface area contributed by atoms with E-state index >= 15 is 0 Å². The second kappa shape index (κ2) is 9.38. The SMILES string of the molecule is CCN(CC)CCCNC(=S)N(C)Cc1c(Br)cnn1C.